The number of carboxylic acid groups (broad SMARTS) is 1. The van der Waals surface area contributed by atoms with E-state index in [1.807, 2.05) is 19.1 Å². The van der Waals surface area contributed by atoms with Crippen molar-refractivity contribution in [3.63, 3.8) is 0 Å². The van der Waals surface area contributed by atoms with Gasteiger partial charge in [0.15, 0.2) is 11.5 Å². The first-order valence-corrected chi connectivity index (χ1v) is 7.22. The van der Waals surface area contributed by atoms with E-state index in [-0.39, 0.29) is 11.3 Å². The lowest BCUT2D eigenvalue weighted by Gasteiger charge is -2.13. The standard InChI is InChI=1S/C16H15BrO4/c1-3-10-4-7-13(15(8-10)20-2)21-14-9-11(17)5-6-12(14)16(18)19/h4-9H,3H2,1-2H3,(H,18,19). The SMILES string of the molecule is CCc1ccc(Oc2cc(Br)ccc2C(=O)O)c(OC)c1. The zero-order valence-electron chi connectivity index (χ0n) is 11.7. The Bertz CT molecular complexity index is 667. The van der Waals surface area contributed by atoms with Crippen LogP contribution in [0.1, 0.15) is 22.8 Å². The largest absolute Gasteiger partial charge is 0.493 e. The van der Waals surface area contributed by atoms with Crippen LogP contribution in [0.4, 0.5) is 0 Å². The summed E-state index contributed by atoms with van der Waals surface area (Å²) in [6.45, 7) is 2.05. The summed E-state index contributed by atoms with van der Waals surface area (Å²) >= 11 is 3.31. The molecule has 5 heteroatoms. The number of carboxylic acids is 1. The average molecular weight is 351 g/mol. The number of halogens is 1. The predicted octanol–water partition coefficient (Wildman–Crippen LogP) is 4.51. The molecule has 0 unspecified atom stereocenters. The maximum Gasteiger partial charge on any atom is 0.339 e. The molecule has 4 nitrogen and oxygen atoms in total. The molecule has 0 aromatic heterocycles. The van der Waals surface area contributed by atoms with Gasteiger partial charge in [-0.25, -0.2) is 4.79 Å². The third-order valence-electron chi connectivity index (χ3n) is 3.03. The van der Waals surface area contributed by atoms with Gasteiger partial charge >= 0.3 is 5.97 Å². The molecule has 0 aliphatic rings. The molecule has 0 saturated carbocycles. The van der Waals surface area contributed by atoms with Gasteiger partial charge < -0.3 is 14.6 Å². The molecule has 0 spiro atoms. The van der Waals surface area contributed by atoms with Crippen molar-refractivity contribution in [3.05, 3.63) is 52.0 Å². The first kappa shape index (κ1) is 15.4. The van der Waals surface area contributed by atoms with E-state index in [2.05, 4.69) is 15.9 Å². The fraction of sp³-hybridized carbons (Fsp3) is 0.188. The number of benzene rings is 2. The third-order valence-corrected chi connectivity index (χ3v) is 3.52. The Morgan fingerprint density at radius 2 is 1.90 bits per heavy atom. The Kier molecular flexibility index (Phi) is 4.85. The monoisotopic (exact) mass is 350 g/mol. The van der Waals surface area contributed by atoms with Crippen LogP contribution in [-0.2, 0) is 6.42 Å². The molecule has 110 valence electrons. The molecule has 0 aliphatic heterocycles. The predicted molar refractivity (Wildman–Crippen MR) is 83.5 cm³/mol. The Morgan fingerprint density at radius 1 is 1.14 bits per heavy atom. The van der Waals surface area contributed by atoms with Crippen LogP contribution in [0, 0.1) is 0 Å². The number of rotatable bonds is 5. The summed E-state index contributed by atoms with van der Waals surface area (Å²) in [4.78, 5) is 11.3. The van der Waals surface area contributed by atoms with Crippen molar-refractivity contribution in [1.82, 2.24) is 0 Å². The molecule has 2 rings (SSSR count). The van der Waals surface area contributed by atoms with Crippen molar-refractivity contribution >= 4 is 21.9 Å². The summed E-state index contributed by atoms with van der Waals surface area (Å²) in [6, 6.07) is 10.4. The van der Waals surface area contributed by atoms with Gasteiger partial charge in [0.05, 0.1) is 7.11 Å². The Labute approximate surface area is 131 Å². The lowest BCUT2D eigenvalue weighted by Crippen LogP contribution is -2.01. The molecule has 0 aliphatic carbocycles. The molecule has 2 aromatic rings. The number of hydrogen-bond donors (Lipinski definition) is 1. The second-order valence-corrected chi connectivity index (χ2v) is 5.30. The quantitative estimate of drug-likeness (QED) is 0.861. The molecule has 1 N–H and O–H groups in total. The minimum Gasteiger partial charge on any atom is -0.493 e. The van der Waals surface area contributed by atoms with Gasteiger partial charge in [-0.05, 0) is 42.3 Å². The topological polar surface area (TPSA) is 55.8 Å². The van der Waals surface area contributed by atoms with Gasteiger partial charge in [0.25, 0.3) is 0 Å². The van der Waals surface area contributed by atoms with Crippen LogP contribution in [0.25, 0.3) is 0 Å². The van der Waals surface area contributed by atoms with E-state index in [1.165, 1.54) is 6.07 Å². The van der Waals surface area contributed by atoms with Crippen LogP contribution in [-0.4, -0.2) is 18.2 Å². The molecule has 0 saturated heterocycles. The molecular weight excluding hydrogens is 336 g/mol. The molecule has 0 bridgehead atoms. The van der Waals surface area contributed by atoms with Crippen LogP contribution < -0.4 is 9.47 Å². The van der Waals surface area contributed by atoms with Gasteiger partial charge in [0, 0.05) is 4.47 Å². The van der Waals surface area contributed by atoms with Gasteiger partial charge in [-0.2, -0.15) is 0 Å². The molecule has 2 aromatic carbocycles. The Morgan fingerprint density at radius 3 is 2.52 bits per heavy atom. The lowest BCUT2D eigenvalue weighted by molar-refractivity contribution is 0.0694. The van der Waals surface area contributed by atoms with Crippen molar-refractivity contribution in [3.8, 4) is 17.2 Å². The zero-order chi connectivity index (χ0) is 15.4. The maximum absolute atomic E-state index is 11.3. The highest BCUT2D eigenvalue weighted by Crippen LogP contribution is 2.35. The number of methoxy groups -OCH3 is 1. The first-order valence-electron chi connectivity index (χ1n) is 6.42. The van der Waals surface area contributed by atoms with E-state index >= 15 is 0 Å². The number of ether oxygens (including phenoxy) is 2. The number of hydrogen-bond acceptors (Lipinski definition) is 3. The van der Waals surface area contributed by atoms with Gasteiger partial charge in [-0.3, -0.25) is 0 Å². The molecule has 0 radical (unpaired) electrons. The number of aryl methyl sites for hydroxylation is 1. The molecule has 0 heterocycles. The van der Waals surface area contributed by atoms with E-state index in [9.17, 15) is 9.90 Å². The highest BCUT2D eigenvalue weighted by Gasteiger charge is 2.14. The van der Waals surface area contributed by atoms with Crippen LogP contribution in [0.3, 0.4) is 0 Å². The fourth-order valence-electron chi connectivity index (χ4n) is 1.89. The lowest BCUT2D eigenvalue weighted by atomic mass is 10.1. The van der Waals surface area contributed by atoms with Crippen LogP contribution in [0.2, 0.25) is 0 Å². The van der Waals surface area contributed by atoms with Crippen molar-refractivity contribution in [1.29, 1.82) is 0 Å². The number of carbonyl (C=O) groups is 1. The summed E-state index contributed by atoms with van der Waals surface area (Å²) < 4.78 is 11.8. The summed E-state index contributed by atoms with van der Waals surface area (Å²) in [5, 5.41) is 9.22. The van der Waals surface area contributed by atoms with E-state index < -0.39 is 5.97 Å². The summed E-state index contributed by atoms with van der Waals surface area (Å²) in [5.74, 6) is 0.280. The molecular formula is C16H15BrO4. The minimum atomic E-state index is -1.04. The van der Waals surface area contributed by atoms with E-state index in [0.29, 0.717) is 11.5 Å². The Hall–Kier alpha value is -2.01. The van der Waals surface area contributed by atoms with Crippen molar-refractivity contribution in [2.75, 3.05) is 7.11 Å². The summed E-state index contributed by atoms with van der Waals surface area (Å²) in [6.07, 6.45) is 0.883. The first-order chi connectivity index (χ1) is 10.0. The highest BCUT2D eigenvalue weighted by molar-refractivity contribution is 9.10. The average Bonchev–Trinajstić information content (AvgIpc) is 2.47. The smallest absolute Gasteiger partial charge is 0.339 e. The van der Waals surface area contributed by atoms with Crippen LogP contribution >= 0.6 is 15.9 Å². The van der Waals surface area contributed by atoms with E-state index in [1.54, 1.807) is 25.3 Å². The van der Waals surface area contributed by atoms with Gasteiger partial charge in [-0.1, -0.05) is 28.9 Å². The Balaban J connectivity index is 2.42. The van der Waals surface area contributed by atoms with Crippen LogP contribution in [0.5, 0.6) is 17.2 Å². The molecule has 21 heavy (non-hydrogen) atoms. The summed E-state index contributed by atoms with van der Waals surface area (Å²) in [5.41, 5.74) is 1.21. The molecule has 0 amide bonds. The summed E-state index contributed by atoms with van der Waals surface area (Å²) in [7, 11) is 1.56. The van der Waals surface area contributed by atoms with Gasteiger partial charge in [-0.15, -0.1) is 0 Å². The number of aromatic carboxylic acids is 1. The maximum atomic E-state index is 11.3. The van der Waals surface area contributed by atoms with Crippen molar-refractivity contribution in [2.45, 2.75) is 13.3 Å². The van der Waals surface area contributed by atoms with Gasteiger partial charge in [0.2, 0.25) is 0 Å². The molecule has 0 atom stereocenters. The second kappa shape index (κ2) is 6.63. The fourth-order valence-corrected chi connectivity index (χ4v) is 2.23. The van der Waals surface area contributed by atoms with E-state index in [4.69, 9.17) is 9.47 Å². The van der Waals surface area contributed by atoms with Crippen molar-refractivity contribution in [2.24, 2.45) is 0 Å². The normalized spacial score (nSPS) is 10.2. The molecule has 0 fully saturated rings. The third kappa shape index (κ3) is 3.55. The van der Waals surface area contributed by atoms with E-state index in [0.717, 1.165) is 16.5 Å². The second-order valence-electron chi connectivity index (χ2n) is 4.39. The van der Waals surface area contributed by atoms with Crippen molar-refractivity contribution < 1.29 is 19.4 Å². The highest BCUT2D eigenvalue weighted by atomic mass is 79.9. The zero-order valence-corrected chi connectivity index (χ0v) is 13.3. The van der Waals surface area contributed by atoms with Crippen LogP contribution in [0.15, 0.2) is 40.9 Å². The minimum absolute atomic E-state index is 0.0971. The van der Waals surface area contributed by atoms with Gasteiger partial charge in [0.1, 0.15) is 11.3 Å².